The van der Waals surface area contributed by atoms with Crippen LogP contribution < -0.4 is 50.6 Å². The summed E-state index contributed by atoms with van der Waals surface area (Å²) in [6.45, 7) is 0. The van der Waals surface area contributed by atoms with Crippen LogP contribution in [-0.4, -0.2) is 98.8 Å². The molecule has 2 aromatic heterocycles. The zero-order chi connectivity index (χ0) is 33.6. The Hall–Kier alpha value is -3.95. The van der Waals surface area contributed by atoms with Crippen LogP contribution in [0.2, 0.25) is 0 Å². The fraction of sp³-hybridized carbons (Fsp3) is 0.370. The van der Waals surface area contributed by atoms with Gasteiger partial charge in [-0.2, -0.15) is 4.98 Å². The summed E-state index contributed by atoms with van der Waals surface area (Å²) in [6.07, 6.45) is 2.86. The van der Waals surface area contributed by atoms with Crippen LogP contribution in [0.5, 0.6) is 11.6 Å². The number of nitrogens with two attached hydrogens (primary N) is 1. The summed E-state index contributed by atoms with van der Waals surface area (Å²) >= 11 is 2.31. The van der Waals surface area contributed by atoms with Gasteiger partial charge in [0.2, 0.25) is 11.0 Å². The number of thioether (sulfide) groups is 2. The largest absolute Gasteiger partial charge is 1.00 e. The second-order valence-electron chi connectivity index (χ2n) is 10.8. The standard InChI is InChI=1S/C27H28N10O8S2.Na/c1-35-26(32-33-34-35)47-11-14-10-46-24-27(45-2,23(43)37(24)18(14)22(41)42)31-21(40)17(12-5-7-15(38)8-6-12)36(25(28)44)16-9-29-19(13-3-4-13)30-20(16)39;/h5-9,13,17,24,38H,3-4,10-11H2,1-2H3,(H2,28,44)(H,31,40)(H,41,42)(H,29,30,39);/q;+1/p-1/t17?,24-,27+;/m1./s1. The van der Waals surface area contributed by atoms with Crippen molar-refractivity contribution in [3.63, 3.8) is 0 Å². The Balaban J connectivity index is 0.00000451. The summed E-state index contributed by atoms with van der Waals surface area (Å²) < 4.78 is 7.00. The first-order valence-electron chi connectivity index (χ1n) is 14.0. The van der Waals surface area contributed by atoms with Gasteiger partial charge in [-0.25, -0.2) is 14.5 Å². The van der Waals surface area contributed by atoms with Gasteiger partial charge < -0.3 is 35.9 Å². The number of hydrogen-bond acceptors (Lipinski definition) is 15. The Kier molecular flexibility index (Phi) is 10.2. The third-order valence-electron chi connectivity index (χ3n) is 7.81. The van der Waals surface area contributed by atoms with Crippen molar-refractivity contribution in [3.8, 4) is 11.6 Å². The number of tetrazole rings is 1. The normalized spacial score (nSPS) is 20.7. The number of nitrogens with one attached hydrogen (secondary N) is 1. The number of benzene rings is 1. The van der Waals surface area contributed by atoms with Gasteiger partial charge in [0, 0.05) is 31.6 Å². The number of amides is 4. The van der Waals surface area contributed by atoms with E-state index < -0.39 is 46.8 Å². The number of carbonyl (C=O) groups excluding carboxylic acids is 4. The number of fused-ring (bicyclic) bond motifs is 1. The van der Waals surface area contributed by atoms with Crippen LogP contribution in [-0.2, 0) is 26.2 Å². The predicted molar refractivity (Wildman–Crippen MR) is 161 cm³/mol. The third kappa shape index (κ3) is 6.30. The molecule has 1 unspecified atom stereocenters. The van der Waals surface area contributed by atoms with Crippen LogP contribution in [0.3, 0.4) is 0 Å². The van der Waals surface area contributed by atoms with Crippen LogP contribution in [0.4, 0.5) is 10.5 Å². The van der Waals surface area contributed by atoms with Crippen molar-refractivity contribution < 1.29 is 68.8 Å². The number of rotatable bonds is 11. The Morgan fingerprint density at radius 3 is 2.54 bits per heavy atom. The van der Waals surface area contributed by atoms with Gasteiger partial charge in [0.15, 0.2) is 0 Å². The number of nitrogens with zero attached hydrogens (tertiary/aromatic N) is 8. The number of ether oxygens (including phenoxy) is 1. The topological polar surface area (TPSA) is 255 Å². The number of aryl methyl sites for hydroxylation is 1. The SMILES string of the molecule is CO[C@@]1(NC(=O)C(c2ccc(O)cc2)N(C(N)=O)c2cnc(C3CC3)nc2O)C(=O)N2C(C(=O)[O-])=C(CSc3nnnn3C)CS[C@@H]21.[Na+]. The maximum atomic E-state index is 14.2. The van der Waals surface area contributed by atoms with E-state index >= 15 is 0 Å². The number of carboxylic acids is 1. The minimum absolute atomic E-state index is 0. The number of aromatic hydroxyl groups is 2. The van der Waals surface area contributed by atoms with E-state index in [2.05, 4.69) is 30.8 Å². The van der Waals surface area contributed by atoms with E-state index in [0.717, 1.165) is 34.4 Å². The summed E-state index contributed by atoms with van der Waals surface area (Å²) in [4.78, 5) is 63.3. The van der Waals surface area contributed by atoms with E-state index in [9.17, 15) is 34.5 Å². The van der Waals surface area contributed by atoms with Crippen molar-refractivity contribution in [2.24, 2.45) is 12.8 Å². The number of hydrogen-bond donors (Lipinski definition) is 4. The molecule has 4 heterocycles. The number of urea groups is 1. The number of methoxy groups -OCH3 is 1. The molecule has 21 heteroatoms. The summed E-state index contributed by atoms with van der Waals surface area (Å²) in [7, 11) is 2.79. The number of phenols is 1. The van der Waals surface area contributed by atoms with Gasteiger partial charge in [-0.05, 0) is 46.5 Å². The van der Waals surface area contributed by atoms with E-state index in [1.165, 1.54) is 54.0 Å². The van der Waals surface area contributed by atoms with Gasteiger partial charge in [-0.1, -0.05) is 23.9 Å². The summed E-state index contributed by atoms with van der Waals surface area (Å²) in [5.41, 5.74) is 3.54. The molecule has 1 aromatic carbocycles. The number of β-lactam (4-membered cyclic amide) rings is 1. The van der Waals surface area contributed by atoms with Crippen molar-refractivity contribution in [1.29, 1.82) is 0 Å². The number of primary amides is 1. The van der Waals surface area contributed by atoms with Crippen LogP contribution in [0.25, 0.3) is 0 Å². The molecule has 0 bridgehead atoms. The first-order chi connectivity index (χ1) is 22.5. The molecule has 0 radical (unpaired) electrons. The maximum Gasteiger partial charge on any atom is 1.00 e. The molecule has 3 aliphatic rings. The molecule has 1 saturated carbocycles. The first kappa shape index (κ1) is 35.4. The average molecular weight is 707 g/mol. The van der Waals surface area contributed by atoms with E-state index in [1.807, 2.05) is 0 Å². The molecular formula is C27H27N10NaO8S2. The van der Waals surface area contributed by atoms with Crippen molar-refractivity contribution in [1.82, 2.24) is 40.4 Å². The van der Waals surface area contributed by atoms with Crippen molar-refractivity contribution in [2.75, 3.05) is 23.5 Å². The molecular weight excluding hydrogens is 679 g/mol. The van der Waals surface area contributed by atoms with Gasteiger partial charge in [-0.3, -0.25) is 19.4 Å². The van der Waals surface area contributed by atoms with Gasteiger partial charge in [0.05, 0.1) is 17.9 Å². The summed E-state index contributed by atoms with van der Waals surface area (Å²) in [5, 5.41) is 46.2. The van der Waals surface area contributed by atoms with Crippen LogP contribution in [0.15, 0.2) is 46.9 Å². The number of anilines is 1. The monoisotopic (exact) mass is 706 g/mol. The van der Waals surface area contributed by atoms with Crippen molar-refractivity contribution in [2.45, 2.75) is 41.1 Å². The fourth-order valence-corrected chi connectivity index (χ4v) is 7.76. The number of carboxylic acid groups (broad SMARTS) is 1. The first-order valence-corrected chi connectivity index (χ1v) is 16.0. The number of carbonyl (C=O) groups is 4. The average Bonchev–Trinajstić information content (AvgIpc) is 3.82. The molecule has 3 aromatic rings. The quantitative estimate of drug-likeness (QED) is 0.0643. The Morgan fingerprint density at radius 1 is 1.27 bits per heavy atom. The molecule has 6 rings (SSSR count). The van der Waals surface area contributed by atoms with Gasteiger partial charge >= 0.3 is 35.6 Å². The van der Waals surface area contributed by atoms with Crippen molar-refractivity contribution in [3.05, 3.63) is 53.1 Å². The van der Waals surface area contributed by atoms with E-state index in [0.29, 0.717) is 16.6 Å². The number of aromatic nitrogens is 6. The molecule has 48 heavy (non-hydrogen) atoms. The van der Waals surface area contributed by atoms with Crippen molar-refractivity contribution >= 4 is 53.0 Å². The third-order valence-corrected chi connectivity index (χ3v) is 10.3. The second-order valence-corrected chi connectivity index (χ2v) is 12.8. The van der Waals surface area contributed by atoms with Gasteiger partial charge in [-0.15, -0.1) is 16.9 Å². The summed E-state index contributed by atoms with van der Waals surface area (Å²) in [6, 6.07) is 2.44. The number of phenolic OH excluding ortho intramolecular Hbond substituents is 1. The van der Waals surface area contributed by atoms with Crippen LogP contribution >= 0.6 is 23.5 Å². The molecule has 1 saturated heterocycles. The predicted octanol–water partition coefficient (Wildman–Crippen LogP) is -3.91. The number of aliphatic carboxylic acids is 1. The molecule has 2 aliphatic heterocycles. The van der Waals surface area contributed by atoms with E-state index in [4.69, 9.17) is 10.5 Å². The molecule has 5 N–H and O–H groups in total. The fourth-order valence-electron chi connectivity index (χ4n) is 5.34. The van der Waals surface area contributed by atoms with E-state index in [1.54, 1.807) is 7.05 Å². The molecule has 246 valence electrons. The molecule has 2 fully saturated rings. The minimum atomic E-state index is -2.07. The Bertz CT molecular complexity index is 1810. The zero-order valence-corrected chi connectivity index (χ0v) is 29.4. The smallest absolute Gasteiger partial charge is 0.543 e. The molecule has 1 aliphatic carbocycles. The maximum absolute atomic E-state index is 14.2. The van der Waals surface area contributed by atoms with Gasteiger partial charge in [0.1, 0.15) is 28.7 Å². The second kappa shape index (κ2) is 13.9. The Morgan fingerprint density at radius 2 is 1.98 bits per heavy atom. The Labute approximate surface area is 302 Å². The van der Waals surface area contributed by atoms with E-state index in [-0.39, 0.29) is 69.7 Å². The molecule has 3 atom stereocenters. The van der Waals surface area contributed by atoms with Gasteiger partial charge in [0.25, 0.3) is 17.5 Å². The van der Waals surface area contributed by atoms with Crippen LogP contribution in [0, 0.1) is 0 Å². The minimum Gasteiger partial charge on any atom is -0.543 e. The zero-order valence-electron chi connectivity index (χ0n) is 25.8. The molecule has 4 amide bonds. The summed E-state index contributed by atoms with van der Waals surface area (Å²) in [5.74, 6) is -3.51. The van der Waals surface area contributed by atoms with Crippen LogP contribution in [0.1, 0.15) is 36.2 Å². The molecule has 0 spiro atoms. The molecule has 18 nitrogen and oxygen atoms in total.